The van der Waals surface area contributed by atoms with Crippen LogP contribution < -0.4 is 11.1 Å². The average molecular weight is 257 g/mol. The summed E-state index contributed by atoms with van der Waals surface area (Å²) < 4.78 is 0. The van der Waals surface area contributed by atoms with Crippen LogP contribution in [0.3, 0.4) is 0 Å². The summed E-state index contributed by atoms with van der Waals surface area (Å²) >= 11 is 5.85. The smallest absolute Gasteiger partial charge is 0.0446 e. The molecule has 4 N–H and O–H groups in total. The Morgan fingerprint density at radius 2 is 2.00 bits per heavy atom. The second-order valence-electron chi connectivity index (χ2n) is 4.27. The molecular formula is C13H21ClN2O. The van der Waals surface area contributed by atoms with E-state index in [1.165, 1.54) is 0 Å². The zero-order valence-electron chi connectivity index (χ0n) is 10.2. The lowest BCUT2D eigenvalue weighted by molar-refractivity contribution is 0.274. The molecule has 0 saturated heterocycles. The van der Waals surface area contributed by atoms with Crippen LogP contribution >= 0.6 is 11.6 Å². The minimum absolute atomic E-state index is 0.140. The van der Waals surface area contributed by atoms with Gasteiger partial charge in [0.05, 0.1) is 0 Å². The van der Waals surface area contributed by atoms with Gasteiger partial charge in [0.1, 0.15) is 0 Å². The topological polar surface area (TPSA) is 58.3 Å². The number of hydrogen-bond acceptors (Lipinski definition) is 3. The summed E-state index contributed by atoms with van der Waals surface area (Å²) in [4.78, 5) is 0. The summed E-state index contributed by atoms with van der Waals surface area (Å²) in [6.07, 6.45) is 1.76. The van der Waals surface area contributed by atoms with Gasteiger partial charge >= 0.3 is 0 Å². The Bertz CT molecular complexity index is 316. The van der Waals surface area contributed by atoms with Gasteiger partial charge in [-0.15, -0.1) is 0 Å². The first-order valence-electron chi connectivity index (χ1n) is 5.99. The molecule has 0 aliphatic heterocycles. The molecular weight excluding hydrogens is 236 g/mol. The number of rotatable bonds is 7. The summed E-state index contributed by atoms with van der Waals surface area (Å²) in [5.74, 6) is 0. The quantitative estimate of drug-likeness (QED) is 0.700. The maximum absolute atomic E-state index is 8.79. The van der Waals surface area contributed by atoms with Gasteiger partial charge in [-0.2, -0.15) is 0 Å². The van der Waals surface area contributed by atoms with E-state index in [2.05, 4.69) is 12.2 Å². The Morgan fingerprint density at radius 1 is 1.35 bits per heavy atom. The highest BCUT2D eigenvalue weighted by Crippen LogP contribution is 2.16. The van der Waals surface area contributed by atoms with Gasteiger partial charge in [-0.1, -0.05) is 23.7 Å². The van der Waals surface area contributed by atoms with E-state index >= 15 is 0 Å². The molecule has 17 heavy (non-hydrogen) atoms. The van der Waals surface area contributed by atoms with E-state index in [4.69, 9.17) is 22.4 Å². The molecule has 0 fully saturated rings. The molecule has 0 spiro atoms. The van der Waals surface area contributed by atoms with E-state index < -0.39 is 0 Å². The summed E-state index contributed by atoms with van der Waals surface area (Å²) in [7, 11) is 0. The zero-order chi connectivity index (χ0) is 12.7. The number of nitrogens with two attached hydrogens (primary N) is 1. The summed E-state index contributed by atoms with van der Waals surface area (Å²) in [6, 6.07) is 8.21. The standard InChI is InChI=1S/C13H21ClN2O/c1-10(3-2-8-17)16-13(9-15)11-4-6-12(14)7-5-11/h4-7,10,13,16-17H,2-3,8-9,15H2,1H3. The largest absolute Gasteiger partial charge is 0.396 e. The molecule has 0 bridgehead atoms. The van der Waals surface area contributed by atoms with Crippen molar-refractivity contribution in [2.45, 2.75) is 31.8 Å². The number of aliphatic hydroxyl groups is 1. The van der Waals surface area contributed by atoms with Crippen molar-refractivity contribution in [1.82, 2.24) is 5.32 Å². The lowest BCUT2D eigenvalue weighted by Crippen LogP contribution is -2.35. The van der Waals surface area contributed by atoms with Crippen LogP contribution in [0, 0.1) is 0 Å². The van der Waals surface area contributed by atoms with Crippen LogP contribution in [0.15, 0.2) is 24.3 Å². The lowest BCUT2D eigenvalue weighted by Gasteiger charge is -2.22. The predicted molar refractivity (Wildman–Crippen MR) is 72.2 cm³/mol. The molecule has 0 saturated carbocycles. The second-order valence-corrected chi connectivity index (χ2v) is 4.71. The SMILES string of the molecule is CC(CCCO)NC(CN)c1ccc(Cl)cc1. The van der Waals surface area contributed by atoms with Crippen LogP contribution in [0.4, 0.5) is 0 Å². The van der Waals surface area contributed by atoms with Gasteiger partial charge in [0.15, 0.2) is 0 Å². The fourth-order valence-corrected chi connectivity index (χ4v) is 1.95. The van der Waals surface area contributed by atoms with Crippen LogP contribution in [0.5, 0.6) is 0 Å². The van der Waals surface area contributed by atoms with Crippen molar-refractivity contribution in [3.63, 3.8) is 0 Å². The maximum Gasteiger partial charge on any atom is 0.0446 e. The van der Waals surface area contributed by atoms with Crippen molar-refractivity contribution in [3.05, 3.63) is 34.9 Å². The van der Waals surface area contributed by atoms with Gasteiger partial charge in [0.2, 0.25) is 0 Å². The van der Waals surface area contributed by atoms with Crippen molar-refractivity contribution in [2.75, 3.05) is 13.2 Å². The van der Waals surface area contributed by atoms with Crippen LogP contribution in [0.1, 0.15) is 31.4 Å². The Balaban J connectivity index is 2.56. The Labute approximate surface area is 108 Å². The van der Waals surface area contributed by atoms with E-state index in [0.717, 1.165) is 23.4 Å². The van der Waals surface area contributed by atoms with Gasteiger partial charge in [0, 0.05) is 30.3 Å². The van der Waals surface area contributed by atoms with E-state index in [0.29, 0.717) is 12.6 Å². The average Bonchev–Trinajstić information content (AvgIpc) is 2.34. The number of hydrogen-bond donors (Lipinski definition) is 3. The monoisotopic (exact) mass is 256 g/mol. The Kier molecular flexibility index (Phi) is 6.52. The fourth-order valence-electron chi connectivity index (χ4n) is 1.82. The highest BCUT2D eigenvalue weighted by molar-refractivity contribution is 6.30. The summed E-state index contributed by atoms with van der Waals surface area (Å²) in [6.45, 7) is 2.89. The molecule has 0 aliphatic rings. The third-order valence-electron chi connectivity index (χ3n) is 2.79. The third kappa shape index (κ3) is 5.04. The van der Waals surface area contributed by atoms with Crippen LogP contribution in [0.25, 0.3) is 0 Å². The van der Waals surface area contributed by atoms with E-state index in [1.54, 1.807) is 0 Å². The first kappa shape index (κ1) is 14.5. The highest BCUT2D eigenvalue weighted by Gasteiger charge is 2.12. The van der Waals surface area contributed by atoms with Crippen LogP contribution in [-0.2, 0) is 0 Å². The van der Waals surface area contributed by atoms with Gasteiger partial charge < -0.3 is 16.2 Å². The van der Waals surface area contributed by atoms with Crippen LogP contribution in [-0.4, -0.2) is 24.3 Å². The molecule has 0 aliphatic carbocycles. The summed E-state index contributed by atoms with van der Waals surface area (Å²) in [5, 5.41) is 13.0. The number of nitrogens with one attached hydrogen (secondary N) is 1. The first-order chi connectivity index (χ1) is 8.17. The van der Waals surface area contributed by atoms with Gasteiger partial charge in [-0.05, 0) is 37.5 Å². The normalized spacial score (nSPS) is 14.6. The van der Waals surface area contributed by atoms with E-state index in [1.807, 2.05) is 24.3 Å². The van der Waals surface area contributed by atoms with Crippen molar-refractivity contribution in [2.24, 2.45) is 5.73 Å². The molecule has 1 rings (SSSR count). The minimum Gasteiger partial charge on any atom is -0.396 e. The molecule has 1 aromatic rings. The third-order valence-corrected chi connectivity index (χ3v) is 3.04. The maximum atomic E-state index is 8.79. The molecule has 96 valence electrons. The number of aliphatic hydroxyl groups excluding tert-OH is 1. The highest BCUT2D eigenvalue weighted by atomic mass is 35.5. The second kappa shape index (κ2) is 7.67. The number of benzene rings is 1. The minimum atomic E-state index is 0.140. The fraction of sp³-hybridized carbons (Fsp3) is 0.538. The molecule has 3 nitrogen and oxygen atoms in total. The molecule has 0 amide bonds. The molecule has 0 aromatic heterocycles. The molecule has 2 atom stereocenters. The van der Waals surface area contributed by atoms with Crippen LogP contribution in [0.2, 0.25) is 5.02 Å². The Hall–Kier alpha value is -0.610. The first-order valence-corrected chi connectivity index (χ1v) is 6.37. The van der Waals surface area contributed by atoms with E-state index in [9.17, 15) is 0 Å². The molecule has 0 radical (unpaired) electrons. The van der Waals surface area contributed by atoms with Crippen molar-refractivity contribution in [1.29, 1.82) is 0 Å². The van der Waals surface area contributed by atoms with Gasteiger partial charge in [0.25, 0.3) is 0 Å². The van der Waals surface area contributed by atoms with Crippen molar-refractivity contribution in [3.8, 4) is 0 Å². The summed E-state index contributed by atoms with van der Waals surface area (Å²) in [5.41, 5.74) is 6.92. The van der Waals surface area contributed by atoms with Crippen molar-refractivity contribution < 1.29 is 5.11 Å². The van der Waals surface area contributed by atoms with E-state index in [-0.39, 0.29) is 12.6 Å². The molecule has 1 aromatic carbocycles. The van der Waals surface area contributed by atoms with Gasteiger partial charge in [-0.3, -0.25) is 0 Å². The number of halogens is 1. The zero-order valence-corrected chi connectivity index (χ0v) is 11.0. The molecule has 2 unspecified atom stereocenters. The van der Waals surface area contributed by atoms with Gasteiger partial charge in [-0.25, -0.2) is 0 Å². The predicted octanol–water partition coefficient (Wildman–Crippen LogP) is 2.09. The Morgan fingerprint density at radius 3 is 2.53 bits per heavy atom. The van der Waals surface area contributed by atoms with Crippen molar-refractivity contribution >= 4 is 11.6 Å². The molecule has 4 heteroatoms. The molecule has 0 heterocycles. The lowest BCUT2D eigenvalue weighted by atomic mass is 10.0.